The van der Waals surface area contributed by atoms with E-state index >= 15 is 0 Å². The van der Waals surface area contributed by atoms with E-state index in [-0.39, 0.29) is 0 Å². The Morgan fingerprint density at radius 2 is 1.92 bits per heavy atom. The highest BCUT2D eigenvalue weighted by Crippen LogP contribution is 2.18. The topological polar surface area (TPSA) is 65.9 Å². The first-order chi connectivity index (χ1) is 12.7. The normalized spacial score (nSPS) is 15.1. The van der Waals surface area contributed by atoms with Crippen molar-refractivity contribution in [2.75, 3.05) is 45.2 Å². The third-order valence-electron chi connectivity index (χ3n) is 4.54. The monoisotopic (exact) mass is 354 g/mol. The number of anilines is 1. The van der Waals surface area contributed by atoms with Crippen LogP contribution in [0.15, 0.2) is 41.7 Å². The van der Waals surface area contributed by atoms with Gasteiger partial charge in [0.25, 0.3) is 0 Å². The van der Waals surface area contributed by atoms with Gasteiger partial charge in [0, 0.05) is 52.2 Å². The molecule has 3 rings (SSSR count). The maximum Gasteiger partial charge on any atom is 0.225 e. The molecule has 2 aromatic rings. The number of rotatable bonds is 4. The van der Waals surface area contributed by atoms with Crippen molar-refractivity contribution >= 4 is 11.9 Å². The van der Waals surface area contributed by atoms with Crippen molar-refractivity contribution < 1.29 is 4.74 Å². The molecular weight excluding hydrogens is 328 g/mol. The highest BCUT2D eigenvalue weighted by molar-refractivity contribution is 5.80. The van der Waals surface area contributed by atoms with Crippen LogP contribution in [-0.4, -0.2) is 61.2 Å². The Balaban J connectivity index is 1.54. The Hall–Kier alpha value is -2.83. The van der Waals surface area contributed by atoms with Crippen molar-refractivity contribution in [1.29, 1.82) is 0 Å². The lowest BCUT2D eigenvalue weighted by atomic mass is 10.1. The van der Waals surface area contributed by atoms with E-state index in [2.05, 4.69) is 49.1 Å². The summed E-state index contributed by atoms with van der Waals surface area (Å²) in [7, 11) is 3.52. The number of nitrogens with zero attached hydrogens (tertiary/aromatic N) is 5. The molecule has 0 amide bonds. The summed E-state index contributed by atoms with van der Waals surface area (Å²) in [6, 6.07) is 8.07. The van der Waals surface area contributed by atoms with Crippen LogP contribution in [0.5, 0.6) is 5.75 Å². The van der Waals surface area contributed by atoms with E-state index in [1.54, 1.807) is 19.5 Å². The molecule has 1 aromatic heterocycles. The summed E-state index contributed by atoms with van der Waals surface area (Å²) < 4.78 is 5.32. The number of ether oxygens (including phenoxy) is 1. The van der Waals surface area contributed by atoms with E-state index in [0.29, 0.717) is 0 Å². The summed E-state index contributed by atoms with van der Waals surface area (Å²) in [6.45, 7) is 6.33. The van der Waals surface area contributed by atoms with Crippen molar-refractivity contribution in [3.05, 3.63) is 47.8 Å². The molecule has 138 valence electrons. The summed E-state index contributed by atoms with van der Waals surface area (Å²) >= 11 is 0. The SMILES string of the molecule is CN=C(NCc1ccc(OC)c(C)c1)N1CCN(c2ncccn2)CC1. The Bertz CT molecular complexity index is 741. The first-order valence-corrected chi connectivity index (χ1v) is 8.82. The van der Waals surface area contributed by atoms with Gasteiger partial charge in [-0.1, -0.05) is 12.1 Å². The van der Waals surface area contributed by atoms with Crippen LogP contribution in [0.4, 0.5) is 5.95 Å². The van der Waals surface area contributed by atoms with E-state index in [1.165, 1.54) is 5.56 Å². The number of methoxy groups -OCH3 is 1. The number of hydrogen-bond donors (Lipinski definition) is 1. The van der Waals surface area contributed by atoms with Crippen LogP contribution in [0, 0.1) is 6.92 Å². The van der Waals surface area contributed by atoms with Crippen LogP contribution >= 0.6 is 0 Å². The van der Waals surface area contributed by atoms with Crippen LogP contribution in [0.3, 0.4) is 0 Å². The fourth-order valence-corrected chi connectivity index (χ4v) is 3.14. The van der Waals surface area contributed by atoms with Crippen LogP contribution in [0.25, 0.3) is 0 Å². The molecule has 7 heteroatoms. The molecule has 1 aliphatic heterocycles. The summed E-state index contributed by atoms with van der Waals surface area (Å²) in [6.07, 6.45) is 3.57. The standard InChI is InChI=1S/C19H26N6O/c1-15-13-16(5-6-17(15)26-3)14-23-18(20-2)24-9-11-25(12-10-24)19-21-7-4-8-22-19/h4-8,13H,9-12,14H2,1-3H3,(H,20,23). The quantitative estimate of drug-likeness (QED) is 0.666. The fraction of sp³-hybridized carbons (Fsp3) is 0.421. The zero-order valence-corrected chi connectivity index (χ0v) is 15.6. The Labute approximate surface area is 154 Å². The van der Waals surface area contributed by atoms with Crippen LogP contribution < -0.4 is 15.0 Å². The molecule has 1 N–H and O–H groups in total. The third-order valence-corrected chi connectivity index (χ3v) is 4.54. The minimum absolute atomic E-state index is 0.736. The Kier molecular flexibility index (Phi) is 5.88. The van der Waals surface area contributed by atoms with E-state index in [1.807, 2.05) is 19.2 Å². The van der Waals surface area contributed by atoms with Gasteiger partial charge in [-0.2, -0.15) is 0 Å². The highest BCUT2D eigenvalue weighted by Gasteiger charge is 2.20. The predicted octanol–water partition coefficient (Wildman–Crippen LogP) is 1.69. The molecule has 1 saturated heterocycles. The first kappa shape index (κ1) is 18.0. The first-order valence-electron chi connectivity index (χ1n) is 8.82. The number of aryl methyl sites for hydroxylation is 1. The smallest absolute Gasteiger partial charge is 0.225 e. The zero-order valence-electron chi connectivity index (χ0n) is 15.6. The molecule has 1 aliphatic rings. The van der Waals surface area contributed by atoms with Crippen molar-refractivity contribution in [3.8, 4) is 5.75 Å². The number of aliphatic imine (C=N–C) groups is 1. The lowest BCUT2D eigenvalue weighted by Gasteiger charge is -2.36. The van der Waals surface area contributed by atoms with E-state index < -0.39 is 0 Å². The Morgan fingerprint density at radius 1 is 1.19 bits per heavy atom. The van der Waals surface area contributed by atoms with Gasteiger partial charge >= 0.3 is 0 Å². The van der Waals surface area contributed by atoms with Gasteiger partial charge in [0.05, 0.1) is 7.11 Å². The lowest BCUT2D eigenvalue weighted by molar-refractivity contribution is 0.370. The second-order valence-corrected chi connectivity index (χ2v) is 6.23. The third kappa shape index (κ3) is 4.22. The van der Waals surface area contributed by atoms with Gasteiger partial charge in [0.15, 0.2) is 5.96 Å². The molecule has 0 unspecified atom stereocenters. The molecule has 1 aromatic carbocycles. The van der Waals surface area contributed by atoms with Gasteiger partial charge in [0.2, 0.25) is 5.95 Å². The van der Waals surface area contributed by atoms with Crippen molar-refractivity contribution in [2.45, 2.75) is 13.5 Å². The second kappa shape index (κ2) is 8.51. The minimum atomic E-state index is 0.736. The molecule has 0 spiro atoms. The summed E-state index contributed by atoms with van der Waals surface area (Å²) in [5.74, 6) is 2.63. The van der Waals surface area contributed by atoms with E-state index in [4.69, 9.17) is 4.74 Å². The average molecular weight is 354 g/mol. The minimum Gasteiger partial charge on any atom is -0.496 e. The highest BCUT2D eigenvalue weighted by atomic mass is 16.5. The van der Waals surface area contributed by atoms with Gasteiger partial charge < -0.3 is 19.9 Å². The summed E-state index contributed by atoms with van der Waals surface area (Å²) in [4.78, 5) is 17.6. The fourth-order valence-electron chi connectivity index (χ4n) is 3.14. The van der Waals surface area contributed by atoms with E-state index in [9.17, 15) is 0 Å². The van der Waals surface area contributed by atoms with Gasteiger partial charge in [-0.15, -0.1) is 0 Å². The molecule has 2 heterocycles. The number of hydrogen-bond acceptors (Lipinski definition) is 5. The van der Waals surface area contributed by atoms with Crippen LogP contribution in [0.2, 0.25) is 0 Å². The lowest BCUT2D eigenvalue weighted by Crippen LogP contribution is -2.52. The number of aromatic nitrogens is 2. The molecular formula is C19H26N6O. The van der Waals surface area contributed by atoms with Gasteiger partial charge in [0.1, 0.15) is 5.75 Å². The zero-order chi connectivity index (χ0) is 18.4. The van der Waals surface area contributed by atoms with Crippen molar-refractivity contribution in [1.82, 2.24) is 20.2 Å². The van der Waals surface area contributed by atoms with Gasteiger partial charge in [-0.25, -0.2) is 9.97 Å². The molecule has 1 fully saturated rings. The predicted molar refractivity (Wildman–Crippen MR) is 104 cm³/mol. The second-order valence-electron chi connectivity index (χ2n) is 6.23. The molecule has 0 atom stereocenters. The number of piperazine rings is 1. The van der Waals surface area contributed by atoms with E-state index in [0.717, 1.165) is 55.9 Å². The number of guanidine groups is 1. The number of benzene rings is 1. The molecule has 0 radical (unpaired) electrons. The summed E-state index contributed by atoms with van der Waals surface area (Å²) in [5, 5.41) is 3.46. The van der Waals surface area contributed by atoms with Crippen molar-refractivity contribution in [2.24, 2.45) is 4.99 Å². The molecule has 0 bridgehead atoms. The molecule has 26 heavy (non-hydrogen) atoms. The maximum absolute atomic E-state index is 5.32. The summed E-state index contributed by atoms with van der Waals surface area (Å²) in [5.41, 5.74) is 2.35. The average Bonchev–Trinajstić information content (AvgIpc) is 2.70. The Morgan fingerprint density at radius 3 is 2.54 bits per heavy atom. The van der Waals surface area contributed by atoms with Gasteiger partial charge in [-0.05, 0) is 30.2 Å². The number of nitrogens with one attached hydrogen (secondary N) is 1. The van der Waals surface area contributed by atoms with Crippen LogP contribution in [0.1, 0.15) is 11.1 Å². The molecule has 7 nitrogen and oxygen atoms in total. The largest absolute Gasteiger partial charge is 0.496 e. The van der Waals surface area contributed by atoms with Crippen molar-refractivity contribution in [3.63, 3.8) is 0 Å². The molecule has 0 saturated carbocycles. The van der Waals surface area contributed by atoms with Crippen LogP contribution in [-0.2, 0) is 6.54 Å². The van der Waals surface area contributed by atoms with Gasteiger partial charge in [-0.3, -0.25) is 4.99 Å². The molecule has 0 aliphatic carbocycles. The maximum atomic E-state index is 5.32.